The SMILES string of the molecule is COC(=O)c1cccc(Nc2cc(C(=O)NCCC3=CCCCC3)ccn2)c1. The highest BCUT2D eigenvalue weighted by Gasteiger charge is 2.10. The van der Waals surface area contributed by atoms with Gasteiger partial charge in [-0.2, -0.15) is 0 Å². The zero-order valence-electron chi connectivity index (χ0n) is 16.0. The van der Waals surface area contributed by atoms with Gasteiger partial charge < -0.3 is 15.4 Å². The van der Waals surface area contributed by atoms with E-state index in [1.165, 1.54) is 25.5 Å². The zero-order valence-corrected chi connectivity index (χ0v) is 16.0. The van der Waals surface area contributed by atoms with E-state index in [4.69, 9.17) is 4.74 Å². The Hall–Kier alpha value is -3.15. The van der Waals surface area contributed by atoms with Gasteiger partial charge in [0.2, 0.25) is 0 Å². The summed E-state index contributed by atoms with van der Waals surface area (Å²) in [7, 11) is 1.34. The molecule has 1 aromatic heterocycles. The van der Waals surface area contributed by atoms with Crippen LogP contribution in [0.2, 0.25) is 0 Å². The molecule has 0 aliphatic heterocycles. The number of benzene rings is 1. The van der Waals surface area contributed by atoms with Crippen LogP contribution in [0.1, 0.15) is 52.8 Å². The molecule has 2 N–H and O–H groups in total. The fraction of sp³-hybridized carbons (Fsp3) is 0.318. The van der Waals surface area contributed by atoms with Gasteiger partial charge in [0.15, 0.2) is 0 Å². The fourth-order valence-corrected chi connectivity index (χ4v) is 3.20. The van der Waals surface area contributed by atoms with Gasteiger partial charge in [0, 0.05) is 24.0 Å². The molecule has 0 bridgehead atoms. The number of rotatable bonds is 7. The number of aromatic nitrogens is 1. The van der Waals surface area contributed by atoms with Crippen molar-refractivity contribution in [2.45, 2.75) is 32.1 Å². The van der Waals surface area contributed by atoms with Crippen molar-refractivity contribution in [1.29, 1.82) is 0 Å². The number of nitrogens with one attached hydrogen (secondary N) is 2. The van der Waals surface area contributed by atoms with Crippen molar-refractivity contribution in [2.75, 3.05) is 19.0 Å². The molecule has 0 radical (unpaired) electrons. The van der Waals surface area contributed by atoms with Crippen LogP contribution in [0.15, 0.2) is 54.2 Å². The lowest BCUT2D eigenvalue weighted by Gasteiger charge is -2.13. The molecule has 6 nitrogen and oxygen atoms in total. The minimum atomic E-state index is -0.405. The highest BCUT2D eigenvalue weighted by atomic mass is 16.5. The Kier molecular flexibility index (Phi) is 6.78. The molecule has 0 saturated heterocycles. The largest absolute Gasteiger partial charge is 0.465 e. The number of anilines is 2. The first kappa shape index (κ1) is 19.6. The van der Waals surface area contributed by atoms with E-state index in [1.54, 1.807) is 36.5 Å². The van der Waals surface area contributed by atoms with Crippen LogP contribution in [0.3, 0.4) is 0 Å². The van der Waals surface area contributed by atoms with Gasteiger partial charge in [0.25, 0.3) is 5.91 Å². The van der Waals surface area contributed by atoms with E-state index in [-0.39, 0.29) is 5.91 Å². The molecule has 1 aliphatic carbocycles. The smallest absolute Gasteiger partial charge is 0.337 e. The van der Waals surface area contributed by atoms with Gasteiger partial charge in [0.1, 0.15) is 5.82 Å². The van der Waals surface area contributed by atoms with E-state index in [1.807, 2.05) is 6.07 Å². The number of carbonyl (C=O) groups is 2. The van der Waals surface area contributed by atoms with Gasteiger partial charge >= 0.3 is 5.97 Å². The summed E-state index contributed by atoms with van der Waals surface area (Å²) in [5.74, 6) is 0.00708. The quantitative estimate of drug-likeness (QED) is 0.556. The topological polar surface area (TPSA) is 80.3 Å². The Bertz CT molecular complexity index is 877. The van der Waals surface area contributed by atoms with E-state index in [0.717, 1.165) is 19.3 Å². The summed E-state index contributed by atoms with van der Waals surface area (Å²) in [6.45, 7) is 0.636. The number of ether oxygens (including phenoxy) is 1. The predicted molar refractivity (Wildman–Crippen MR) is 109 cm³/mol. The first-order valence-corrected chi connectivity index (χ1v) is 9.53. The molecule has 146 valence electrons. The Morgan fingerprint density at radius 2 is 2.04 bits per heavy atom. The Balaban J connectivity index is 1.59. The molecular formula is C22H25N3O3. The molecule has 1 heterocycles. The Morgan fingerprint density at radius 1 is 1.14 bits per heavy atom. The van der Waals surface area contributed by atoms with Gasteiger partial charge in [-0.25, -0.2) is 9.78 Å². The molecule has 6 heteroatoms. The second-order valence-corrected chi connectivity index (χ2v) is 6.74. The number of hydrogen-bond acceptors (Lipinski definition) is 5. The molecule has 28 heavy (non-hydrogen) atoms. The molecule has 3 rings (SSSR count). The van der Waals surface area contributed by atoms with Crippen LogP contribution < -0.4 is 10.6 Å². The van der Waals surface area contributed by atoms with Gasteiger partial charge in [-0.3, -0.25) is 4.79 Å². The van der Waals surface area contributed by atoms with E-state index in [2.05, 4.69) is 21.7 Å². The summed E-state index contributed by atoms with van der Waals surface area (Å²) < 4.78 is 4.73. The number of esters is 1. The molecule has 0 saturated carbocycles. The third-order valence-electron chi connectivity index (χ3n) is 4.69. The minimum absolute atomic E-state index is 0.120. The first-order chi connectivity index (χ1) is 13.7. The lowest BCUT2D eigenvalue weighted by Crippen LogP contribution is -2.25. The molecule has 2 aromatic rings. The first-order valence-electron chi connectivity index (χ1n) is 9.53. The summed E-state index contributed by atoms with van der Waals surface area (Å²) >= 11 is 0. The maximum absolute atomic E-state index is 12.4. The highest BCUT2D eigenvalue weighted by molar-refractivity contribution is 5.95. The maximum Gasteiger partial charge on any atom is 0.337 e. The number of amides is 1. The second-order valence-electron chi connectivity index (χ2n) is 6.74. The molecule has 1 aliphatic rings. The summed E-state index contributed by atoms with van der Waals surface area (Å²) in [5.41, 5.74) is 3.11. The molecule has 0 fully saturated rings. The summed E-state index contributed by atoms with van der Waals surface area (Å²) in [6.07, 6.45) is 9.60. The fourth-order valence-electron chi connectivity index (χ4n) is 3.20. The van der Waals surface area contributed by atoms with Crippen LogP contribution in [0.4, 0.5) is 11.5 Å². The third kappa shape index (κ3) is 5.42. The minimum Gasteiger partial charge on any atom is -0.465 e. The van der Waals surface area contributed by atoms with Crippen LogP contribution in [0, 0.1) is 0 Å². The van der Waals surface area contributed by atoms with Gasteiger partial charge in [0.05, 0.1) is 12.7 Å². The second kappa shape index (κ2) is 9.69. The van der Waals surface area contributed by atoms with Gasteiger partial charge in [-0.15, -0.1) is 0 Å². The number of pyridine rings is 1. The van der Waals surface area contributed by atoms with Crippen molar-refractivity contribution in [2.24, 2.45) is 0 Å². The average molecular weight is 379 g/mol. The van der Waals surface area contributed by atoms with E-state index < -0.39 is 5.97 Å². The Morgan fingerprint density at radius 3 is 2.82 bits per heavy atom. The van der Waals surface area contributed by atoms with Crippen LogP contribution in [-0.2, 0) is 4.74 Å². The predicted octanol–water partition coefficient (Wildman–Crippen LogP) is 4.23. The lowest BCUT2D eigenvalue weighted by atomic mass is 9.97. The van der Waals surface area contributed by atoms with Crippen LogP contribution in [0.5, 0.6) is 0 Å². The monoisotopic (exact) mass is 379 g/mol. The zero-order chi connectivity index (χ0) is 19.8. The third-order valence-corrected chi connectivity index (χ3v) is 4.69. The highest BCUT2D eigenvalue weighted by Crippen LogP contribution is 2.20. The summed E-state index contributed by atoms with van der Waals surface area (Å²) in [4.78, 5) is 28.3. The van der Waals surface area contributed by atoms with E-state index in [9.17, 15) is 9.59 Å². The average Bonchev–Trinajstić information content (AvgIpc) is 2.74. The maximum atomic E-state index is 12.4. The number of hydrogen-bond donors (Lipinski definition) is 2. The standard InChI is InChI=1S/C22H25N3O3/c1-28-22(27)18-8-5-9-19(14-18)25-20-15-17(11-13-23-20)21(26)24-12-10-16-6-3-2-4-7-16/h5-6,8-9,11,13-15H,2-4,7,10,12H2,1H3,(H,23,25)(H,24,26). The molecule has 0 spiro atoms. The number of methoxy groups -OCH3 is 1. The summed E-state index contributed by atoms with van der Waals surface area (Å²) in [6, 6.07) is 10.3. The van der Waals surface area contributed by atoms with E-state index in [0.29, 0.717) is 29.2 Å². The van der Waals surface area contributed by atoms with Gasteiger partial charge in [-0.05, 0) is 62.4 Å². The van der Waals surface area contributed by atoms with Crippen molar-refractivity contribution in [3.63, 3.8) is 0 Å². The molecule has 1 amide bonds. The van der Waals surface area contributed by atoms with Crippen molar-refractivity contribution >= 4 is 23.4 Å². The van der Waals surface area contributed by atoms with Crippen molar-refractivity contribution < 1.29 is 14.3 Å². The molecule has 0 unspecified atom stereocenters. The molecule has 0 atom stereocenters. The van der Waals surface area contributed by atoms with Gasteiger partial charge in [-0.1, -0.05) is 17.7 Å². The van der Waals surface area contributed by atoms with Crippen molar-refractivity contribution in [3.8, 4) is 0 Å². The van der Waals surface area contributed by atoms with E-state index >= 15 is 0 Å². The van der Waals surface area contributed by atoms with Crippen LogP contribution in [-0.4, -0.2) is 30.5 Å². The van der Waals surface area contributed by atoms with Crippen molar-refractivity contribution in [3.05, 3.63) is 65.4 Å². The lowest BCUT2D eigenvalue weighted by molar-refractivity contribution is 0.0600. The van der Waals surface area contributed by atoms with Crippen molar-refractivity contribution in [1.82, 2.24) is 10.3 Å². The Labute approximate surface area is 165 Å². The van der Waals surface area contributed by atoms with Crippen LogP contribution >= 0.6 is 0 Å². The molecular weight excluding hydrogens is 354 g/mol. The van der Waals surface area contributed by atoms with Crippen LogP contribution in [0.25, 0.3) is 0 Å². The number of allylic oxidation sites excluding steroid dienone is 1. The molecule has 1 aromatic carbocycles. The normalized spacial score (nSPS) is 13.4. The number of carbonyl (C=O) groups excluding carboxylic acids is 2. The summed E-state index contributed by atoms with van der Waals surface area (Å²) in [5, 5.41) is 6.09. The number of nitrogens with zero attached hydrogens (tertiary/aromatic N) is 1.